The lowest BCUT2D eigenvalue weighted by Gasteiger charge is -2.16. The summed E-state index contributed by atoms with van der Waals surface area (Å²) in [4.78, 5) is 25.7. The van der Waals surface area contributed by atoms with Crippen LogP contribution >= 0.6 is 0 Å². The number of benzene rings is 2. The lowest BCUT2D eigenvalue weighted by Crippen LogP contribution is -2.23. The fraction of sp³-hybridized carbons (Fsp3) is 0.333. The molecule has 2 rings (SSSR count). The Balaban J connectivity index is 2.10. The van der Waals surface area contributed by atoms with Crippen molar-refractivity contribution in [1.29, 1.82) is 0 Å². The molecule has 9 heteroatoms. The molecular weight excluding hydrogens is 399 g/mol. The third kappa shape index (κ3) is 6.40. The molecule has 0 fully saturated rings. The Morgan fingerprint density at radius 1 is 1.10 bits per heavy atom. The lowest BCUT2D eigenvalue weighted by atomic mass is 10.1. The summed E-state index contributed by atoms with van der Waals surface area (Å²) in [5.41, 5.74) is 0.0361. The largest absolute Gasteiger partial charge is 0.491 e. The molecular formula is C21H24F3N3O3. The monoisotopic (exact) mass is 423 g/mol. The van der Waals surface area contributed by atoms with Crippen molar-refractivity contribution in [3.05, 3.63) is 53.6 Å². The number of anilines is 2. The zero-order chi connectivity index (χ0) is 22.3. The Morgan fingerprint density at radius 3 is 2.47 bits per heavy atom. The van der Waals surface area contributed by atoms with Gasteiger partial charge in [-0.3, -0.25) is 9.59 Å². The highest BCUT2D eigenvalue weighted by Gasteiger charge is 2.31. The number of rotatable bonds is 8. The molecule has 2 N–H and O–H groups in total. The van der Waals surface area contributed by atoms with Crippen molar-refractivity contribution in [2.75, 3.05) is 37.9 Å². The maximum atomic E-state index is 13.0. The van der Waals surface area contributed by atoms with Gasteiger partial charge in [-0.25, -0.2) is 0 Å². The molecule has 6 nitrogen and oxygen atoms in total. The molecule has 2 aromatic carbocycles. The summed E-state index contributed by atoms with van der Waals surface area (Å²) in [6, 6.07) is 9.47. The first-order chi connectivity index (χ1) is 14.1. The standard InChI is InChI=1S/C21H24F3N3O3/c1-4-10-30-18-9-8-15(21(22,23)24)12-17(18)25-13-19(28)26-16-7-5-6-14(11-16)20(29)27(2)3/h5-9,11-12,25H,4,10,13H2,1-3H3,(H,26,28). The summed E-state index contributed by atoms with van der Waals surface area (Å²) in [5.74, 6) is -0.467. The highest BCUT2D eigenvalue weighted by molar-refractivity contribution is 5.98. The Hall–Kier alpha value is -3.23. The topological polar surface area (TPSA) is 70.7 Å². The predicted molar refractivity (Wildman–Crippen MR) is 109 cm³/mol. The number of hydrogen-bond acceptors (Lipinski definition) is 4. The second-order valence-electron chi connectivity index (χ2n) is 6.74. The van der Waals surface area contributed by atoms with Crippen molar-refractivity contribution in [2.24, 2.45) is 0 Å². The molecule has 0 aliphatic heterocycles. The zero-order valence-electron chi connectivity index (χ0n) is 17.0. The Morgan fingerprint density at radius 2 is 1.83 bits per heavy atom. The van der Waals surface area contributed by atoms with Crippen molar-refractivity contribution in [2.45, 2.75) is 19.5 Å². The van der Waals surface area contributed by atoms with Crippen LogP contribution in [0.25, 0.3) is 0 Å². The van der Waals surface area contributed by atoms with E-state index in [1.165, 1.54) is 17.0 Å². The van der Waals surface area contributed by atoms with Crippen molar-refractivity contribution in [3.8, 4) is 5.75 Å². The van der Waals surface area contributed by atoms with Gasteiger partial charge in [0.15, 0.2) is 0 Å². The molecule has 0 bridgehead atoms. The first-order valence-corrected chi connectivity index (χ1v) is 9.31. The van der Waals surface area contributed by atoms with Crippen molar-refractivity contribution < 1.29 is 27.5 Å². The number of alkyl halides is 3. The number of ether oxygens (including phenoxy) is 1. The van der Waals surface area contributed by atoms with E-state index in [2.05, 4.69) is 10.6 Å². The summed E-state index contributed by atoms with van der Waals surface area (Å²) in [5, 5.41) is 5.32. The van der Waals surface area contributed by atoms with Gasteiger partial charge in [0, 0.05) is 25.3 Å². The second-order valence-corrected chi connectivity index (χ2v) is 6.74. The van der Waals surface area contributed by atoms with E-state index < -0.39 is 17.6 Å². The van der Waals surface area contributed by atoms with E-state index in [1.807, 2.05) is 6.92 Å². The third-order valence-corrected chi connectivity index (χ3v) is 4.01. The van der Waals surface area contributed by atoms with Gasteiger partial charge in [0.2, 0.25) is 5.91 Å². The Labute approximate surface area is 173 Å². The Kier molecular flexibility index (Phi) is 7.68. The minimum atomic E-state index is -4.51. The molecule has 0 saturated heterocycles. The van der Waals surface area contributed by atoms with Crippen LogP contribution in [0.4, 0.5) is 24.5 Å². The van der Waals surface area contributed by atoms with Crippen molar-refractivity contribution in [1.82, 2.24) is 4.90 Å². The quantitative estimate of drug-likeness (QED) is 0.666. The summed E-state index contributed by atoms with van der Waals surface area (Å²) in [6.45, 7) is 1.92. The van der Waals surface area contributed by atoms with Gasteiger partial charge in [-0.2, -0.15) is 13.2 Å². The summed E-state index contributed by atoms with van der Waals surface area (Å²) in [7, 11) is 3.23. The fourth-order valence-electron chi connectivity index (χ4n) is 2.55. The maximum Gasteiger partial charge on any atom is 0.416 e. The van der Waals surface area contributed by atoms with Gasteiger partial charge in [-0.15, -0.1) is 0 Å². The number of nitrogens with zero attached hydrogens (tertiary/aromatic N) is 1. The smallest absolute Gasteiger partial charge is 0.416 e. The molecule has 2 aromatic rings. The third-order valence-electron chi connectivity index (χ3n) is 4.01. The molecule has 30 heavy (non-hydrogen) atoms. The normalized spacial score (nSPS) is 11.0. The SMILES string of the molecule is CCCOc1ccc(C(F)(F)F)cc1NCC(=O)Nc1cccc(C(=O)N(C)C)c1. The molecule has 0 aromatic heterocycles. The first kappa shape index (κ1) is 23.1. The van der Waals surface area contributed by atoms with Gasteiger partial charge >= 0.3 is 6.18 Å². The molecule has 0 radical (unpaired) electrons. The van der Waals surface area contributed by atoms with Crippen LogP contribution in [0.3, 0.4) is 0 Å². The van der Waals surface area contributed by atoms with Gasteiger partial charge in [0.05, 0.1) is 24.4 Å². The van der Waals surface area contributed by atoms with Gasteiger partial charge < -0.3 is 20.3 Å². The van der Waals surface area contributed by atoms with Crippen LogP contribution in [0.1, 0.15) is 29.3 Å². The summed E-state index contributed by atoms with van der Waals surface area (Å²) >= 11 is 0. The van der Waals surface area contributed by atoms with E-state index in [-0.39, 0.29) is 23.9 Å². The highest BCUT2D eigenvalue weighted by Crippen LogP contribution is 2.35. The molecule has 0 spiro atoms. The molecule has 0 aliphatic rings. The number of carbonyl (C=O) groups is 2. The van der Waals surface area contributed by atoms with E-state index in [0.29, 0.717) is 24.3 Å². The van der Waals surface area contributed by atoms with Crippen LogP contribution in [0, 0.1) is 0 Å². The molecule has 0 saturated carbocycles. The Bertz CT molecular complexity index is 899. The summed E-state index contributed by atoms with van der Waals surface area (Å²) in [6.07, 6.45) is -3.83. The minimum Gasteiger partial charge on any atom is -0.491 e. The van der Waals surface area contributed by atoms with Gasteiger partial charge in [0.1, 0.15) is 5.75 Å². The molecule has 162 valence electrons. The maximum absolute atomic E-state index is 13.0. The van der Waals surface area contributed by atoms with Crippen molar-refractivity contribution >= 4 is 23.2 Å². The van der Waals surface area contributed by atoms with Crippen LogP contribution in [0.5, 0.6) is 5.75 Å². The zero-order valence-corrected chi connectivity index (χ0v) is 17.0. The predicted octanol–water partition coefficient (Wildman–Crippen LogP) is 4.25. The highest BCUT2D eigenvalue weighted by atomic mass is 19.4. The van der Waals surface area contributed by atoms with E-state index >= 15 is 0 Å². The average molecular weight is 423 g/mol. The van der Waals surface area contributed by atoms with E-state index in [0.717, 1.165) is 12.1 Å². The molecule has 0 atom stereocenters. The minimum absolute atomic E-state index is 0.0740. The fourth-order valence-corrected chi connectivity index (χ4v) is 2.55. The van der Waals surface area contributed by atoms with E-state index in [1.54, 1.807) is 32.3 Å². The van der Waals surface area contributed by atoms with Crippen LogP contribution in [-0.2, 0) is 11.0 Å². The van der Waals surface area contributed by atoms with E-state index in [9.17, 15) is 22.8 Å². The van der Waals surface area contributed by atoms with Crippen LogP contribution in [0.15, 0.2) is 42.5 Å². The second kappa shape index (κ2) is 10.00. The molecule has 0 unspecified atom stereocenters. The number of nitrogens with one attached hydrogen (secondary N) is 2. The van der Waals surface area contributed by atoms with Crippen LogP contribution in [-0.4, -0.2) is 44.0 Å². The summed E-state index contributed by atoms with van der Waals surface area (Å²) < 4.78 is 44.5. The number of hydrogen-bond donors (Lipinski definition) is 2. The first-order valence-electron chi connectivity index (χ1n) is 9.31. The van der Waals surface area contributed by atoms with Crippen molar-refractivity contribution in [3.63, 3.8) is 0 Å². The average Bonchev–Trinajstić information content (AvgIpc) is 2.69. The number of halogens is 3. The molecule has 0 aliphatic carbocycles. The molecule has 2 amide bonds. The van der Waals surface area contributed by atoms with Gasteiger partial charge in [-0.05, 0) is 42.8 Å². The van der Waals surface area contributed by atoms with Gasteiger partial charge in [0.25, 0.3) is 5.91 Å². The van der Waals surface area contributed by atoms with Crippen LogP contribution in [0.2, 0.25) is 0 Å². The van der Waals surface area contributed by atoms with Crippen LogP contribution < -0.4 is 15.4 Å². The number of amides is 2. The lowest BCUT2D eigenvalue weighted by molar-refractivity contribution is -0.137. The number of carbonyl (C=O) groups excluding carboxylic acids is 2. The van der Waals surface area contributed by atoms with Gasteiger partial charge in [-0.1, -0.05) is 13.0 Å². The molecule has 0 heterocycles. The van der Waals surface area contributed by atoms with E-state index in [4.69, 9.17) is 4.74 Å².